The molecule has 0 radical (unpaired) electrons. The number of nitrogens with zero attached hydrogens (tertiary/aromatic N) is 3. The number of fused-ring (bicyclic) bond motifs is 5. The molecule has 0 aromatic heterocycles. The summed E-state index contributed by atoms with van der Waals surface area (Å²) in [4.78, 5) is 32.9. The van der Waals surface area contributed by atoms with Crippen molar-refractivity contribution in [3.8, 4) is 0 Å². The molecule has 1 aromatic carbocycles. The first-order valence-electron chi connectivity index (χ1n) is 10.9. The van der Waals surface area contributed by atoms with E-state index in [4.69, 9.17) is 0 Å². The van der Waals surface area contributed by atoms with E-state index in [1.165, 1.54) is 11.0 Å². The van der Waals surface area contributed by atoms with Crippen molar-refractivity contribution in [2.45, 2.75) is 12.8 Å². The highest BCUT2D eigenvalue weighted by Gasteiger charge is 2.58. The number of likely N-dealkylation sites (tertiary alicyclic amines) is 1. The summed E-state index contributed by atoms with van der Waals surface area (Å²) >= 11 is 0. The number of carbonyl (C=O) groups is 2. The molecule has 174 valence electrons. The van der Waals surface area contributed by atoms with Crippen molar-refractivity contribution in [2.75, 3.05) is 45.2 Å². The molecule has 7 nitrogen and oxygen atoms in total. The van der Waals surface area contributed by atoms with Crippen LogP contribution in [-0.4, -0.2) is 62.9 Å². The average molecular weight is 555 g/mol. The molecule has 3 aliphatic rings. The summed E-state index contributed by atoms with van der Waals surface area (Å²) in [6.45, 7) is 2.16. The van der Waals surface area contributed by atoms with Crippen molar-refractivity contribution in [2.24, 2.45) is 28.7 Å². The second-order valence-electron chi connectivity index (χ2n) is 8.48. The van der Waals surface area contributed by atoms with Gasteiger partial charge in [0.15, 0.2) is 5.96 Å². The topological polar surface area (TPSA) is 77.0 Å². The number of rotatable bonds is 8. The van der Waals surface area contributed by atoms with Gasteiger partial charge in [-0.25, -0.2) is 4.39 Å². The molecule has 4 atom stereocenters. The summed E-state index contributed by atoms with van der Waals surface area (Å²) in [5.41, 5.74) is 0.582. The minimum atomic E-state index is -0.227. The molecule has 0 spiro atoms. The Morgan fingerprint density at radius 2 is 1.75 bits per heavy atom. The molecule has 2 N–H and O–H groups in total. The van der Waals surface area contributed by atoms with E-state index >= 15 is 0 Å². The fourth-order valence-electron chi connectivity index (χ4n) is 5.10. The van der Waals surface area contributed by atoms with Crippen molar-refractivity contribution in [3.05, 3.63) is 42.2 Å². The molecule has 4 unspecified atom stereocenters. The monoisotopic (exact) mass is 555 g/mol. The zero-order chi connectivity index (χ0) is 22.0. The minimum absolute atomic E-state index is 0. The molecule has 2 amide bonds. The zero-order valence-electron chi connectivity index (χ0n) is 18.5. The van der Waals surface area contributed by atoms with Crippen LogP contribution in [0.25, 0.3) is 0 Å². The third kappa shape index (κ3) is 4.77. The Morgan fingerprint density at radius 1 is 1.12 bits per heavy atom. The van der Waals surface area contributed by atoms with Crippen molar-refractivity contribution < 1.29 is 14.0 Å². The Morgan fingerprint density at radius 3 is 2.38 bits per heavy atom. The highest BCUT2D eigenvalue weighted by atomic mass is 127. The van der Waals surface area contributed by atoms with E-state index in [9.17, 15) is 14.0 Å². The molecule has 1 aliphatic heterocycles. The normalized spacial score (nSPS) is 25.7. The van der Waals surface area contributed by atoms with Crippen molar-refractivity contribution >= 4 is 47.4 Å². The van der Waals surface area contributed by atoms with Gasteiger partial charge in [-0.1, -0.05) is 24.3 Å². The van der Waals surface area contributed by atoms with Gasteiger partial charge in [-0.05, 0) is 36.8 Å². The van der Waals surface area contributed by atoms with E-state index in [1.54, 1.807) is 19.2 Å². The number of carbonyl (C=O) groups excluding carboxylic acids is 2. The summed E-state index contributed by atoms with van der Waals surface area (Å²) in [6, 6.07) is 6.73. The molecule has 1 saturated carbocycles. The Labute approximate surface area is 205 Å². The molecule has 4 rings (SSSR count). The number of nitrogens with one attached hydrogen (secondary N) is 2. The summed E-state index contributed by atoms with van der Waals surface area (Å²) in [5, 5.41) is 6.40. The molecule has 32 heavy (non-hydrogen) atoms. The number of guanidine groups is 1. The van der Waals surface area contributed by atoms with Gasteiger partial charge in [-0.15, -0.1) is 24.0 Å². The fraction of sp³-hybridized carbons (Fsp3) is 0.522. The maximum atomic E-state index is 13.8. The van der Waals surface area contributed by atoms with Gasteiger partial charge in [0.25, 0.3) is 0 Å². The lowest BCUT2D eigenvalue weighted by Crippen LogP contribution is -2.44. The van der Waals surface area contributed by atoms with E-state index in [-0.39, 0.29) is 65.3 Å². The summed E-state index contributed by atoms with van der Waals surface area (Å²) in [7, 11) is 3.55. The number of anilines is 1. The number of hydrogen-bond donors (Lipinski definition) is 2. The van der Waals surface area contributed by atoms with Gasteiger partial charge in [-0.2, -0.15) is 0 Å². The van der Waals surface area contributed by atoms with Crippen LogP contribution in [-0.2, 0) is 9.59 Å². The van der Waals surface area contributed by atoms with Crippen molar-refractivity contribution in [1.29, 1.82) is 0 Å². The third-order valence-corrected chi connectivity index (χ3v) is 6.64. The second kappa shape index (κ2) is 10.6. The average Bonchev–Trinajstić information content (AvgIpc) is 3.45. The Balaban J connectivity index is 0.00000289. The number of halogens is 2. The van der Waals surface area contributed by atoms with Gasteiger partial charge in [-0.3, -0.25) is 19.5 Å². The maximum Gasteiger partial charge on any atom is 0.233 e. The molecule has 2 bridgehead atoms. The first-order valence-corrected chi connectivity index (χ1v) is 10.9. The van der Waals surface area contributed by atoms with Gasteiger partial charge in [0, 0.05) is 40.3 Å². The van der Waals surface area contributed by atoms with E-state index in [0.29, 0.717) is 37.8 Å². The first kappa shape index (κ1) is 24.5. The van der Waals surface area contributed by atoms with E-state index in [2.05, 4.69) is 27.8 Å². The lowest BCUT2D eigenvalue weighted by Gasteiger charge is -2.21. The zero-order valence-corrected chi connectivity index (χ0v) is 20.8. The van der Waals surface area contributed by atoms with E-state index in [1.807, 2.05) is 18.0 Å². The summed E-state index contributed by atoms with van der Waals surface area (Å²) in [6.07, 6.45) is 5.96. The Hall–Kier alpha value is -2.17. The largest absolute Gasteiger partial charge is 0.372 e. The van der Waals surface area contributed by atoms with Crippen LogP contribution < -0.4 is 15.5 Å². The maximum absolute atomic E-state index is 13.8. The van der Waals surface area contributed by atoms with Crippen molar-refractivity contribution in [1.82, 2.24) is 15.5 Å². The van der Waals surface area contributed by atoms with E-state index in [0.717, 1.165) is 12.8 Å². The molecule has 9 heteroatoms. The molecular weight excluding hydrogens is 524 g/mol. The Kier molecular flexibility index (Phi) is 8.13. The quantitative estimate of drug-likeness (QED) is 0.129. The number of imide groups is 1. The molecule has 2 aliphatic carbocycles. The predicted molar refractivity (Wildman–Crippen MR) is 134 cm³/mol. The van der Waals surface area contributed by atoms with Gasteiger partial charge in [0.1, 0.15) is 5.82 Å². The SMILES string of the molecule is CN=C(NCCCN(C)c1ccccc1F)NCCN1C(=O)C2C3C=CC(C3)C2C1=O.I. The van der Waals surface area contributed by atoms with Crippen LogP contribution in [0.4, 0.5) is 10.1 Å². The van der Waals surface area contributed by atoms with Gasteiger partial charge >= 0.3 is 0 Å². The standard InChI is InChI=1S/C23H30FN5O2.HI/c1-25-23(26-10-5-12-28(2)18-7-4-3-6-17(18)24)27-11-13-29-21(30)19-15-8-9-16(14-15)20(19)22(29)31;/h3-4,6-9,15-16,19-20H,5,10-14H2,1-2H3,(H2,25,26,27);1H. The summed E-state index contributed by atoms with van der Waals surface area (Å²) < 4.78 is 13.8. The third-order valence-electron chi connectivity index (χ3n) is 6.64. The number of benzene rings is 1. The van der Waals surface area contributed by atoms with Crippen LogP contribution in [0.1, 0.15) is 12.8 Å². The number of aliphatic imine (C=N–C) groups is 1. The number of hydrogen-bond acceptors (Lipinski definition) is 4. The van der Waals surface area contributed by atoms with Crippen LogP contribution in [0.2, 0.25) is 0 Å². The second-order valence-corrected chi connectivity index (χ2v) is 8.48. The lowest BCUT2D eigenvalue weighted by atomic mass is 9.85. The number of allylic oxidation sites excluding steroid dienone is 2. The molecule has 1 heterocycles. The summed E-state index contributed by atoms with van der Waals surface area (Å²) in [5.74, 6) is 0.532. The number of amides is 2. The first-order chi connectivity index (χ1) is 15.0. The van der Waals surface area contributed by atoms with Crippen LogP contribution in [0.5, 0.6) is 0 Å². The predicted octanol–water partition coefficient (Wildman–Crippen LogP) is 2.24. The van der Waals surface area contributed by atoms with Crippen LogP contribution in [0.15, 0.2) is 41.4 Å². The van der Waals surface area contributed by atoms with Crippen LogP contribution in [0.3, 0.4) is 0 Å². The number of para-hydroxylation sites is 1. The Bertz CT molecular complexity index is 878. The lowest BCUT2D eigenvalue weighted by molar-refractivity contribution is -0.140. The van der Waals surface area contributed by atoms with Crippen molar-refractivity contribution in [3.63, 3.8) is 0 Å². The smallest absolute Gasteiger partial charge is 0.233 e. The van der Waals surface area contributed by atoms with Gasteiger partial charge < -0.3 is 15.5 Å². The van der Waals surface area contributed by atoms with Gasteiger partial charge in [0.2, 0.25) is 11.8 Å². The molecular formula is C23H31FIN5O2. The minimum Gasteiger partial charge on any atom is -0.372 e. The molecule has 2 fully saturated rings. The molecule has 1 aromatic rings. The van der Waals surface area contributed by atoms with E-state index < -0.39 is 0 Å². The fourth-order valence-corrected chi connectivity index (χ4v) is 5.10. The van der Waals surface area contributed by atoms with Gasteiger partial charge in [0.05, 0.1) is 17.5 Å². The van der Waals surface area contributed by atoms with Crippen LogP contribution >= 0.6 is 24.0 Å². The highest BCUT2D eigenvalue weighted by molar-refractivity contribution is 14.0. The highest BCUT2D eigenvalue weighted by Crippen LogP contribution is 2.52. The molecule has 1 saturated heterocycles. The van der Waals surface area contributed by atoms with Crippen LogP contribution in [0, 0.1) is 29.5 Å².